The molecule has 6 heteroatoms. The molecule has 15 heavy (non-hydrogen) atoms. The van der Waals surface area contributed by atoms with Crippen molar-refractivity contribution >= 4 is 5.97 Å². The molecule has 1 aliphatic rings. The molecular formula is C9H15F2NO3. The molecule has 0 amide bonds. The van der Waals surface area contributed by atoms with Gasteiger partial charge >= 0.3 is 5.97 Å². The van der Waals surface area contributed by atoms with Crippen molar-refractivity contribution in [3.05, 3.63) is 0 Å². The highest BCUT2D eigenvalue weighted by Crippen LogP contribution is 2.33. The van der Waals surface area contributed by atoms with E-state index in [-0.39, 0.29) is 6.42 Å². The molecule has 2 atom stereocenters. The molecule has 0 spiro atoms. The number of rotatable bonds is 4. The molecule has 1 fully saturated rings. The molecule has 1 heterocycles. The van der Waals surface area contributed by atoms with Crippen LogP contribution in [0.15, 0.2) is 0 Å². The number of hydrogen-bond donors (Lipinski definition) is 2. The van der Waals surface area contributed by atoms with Crippen LogP contribution in [-0.4, -0.2) is 52.2 Å². The molecule has 0 saturated carbocycles. The third-order valence-corrected chi connectivity index (χ3v) is 2.70. The fraction of sp³-hybridized carbons (Fsp3) is 0.889. The van der Waals surface area contributed by atoms with Gasteiger partial charge in [-0.2, -0.15) is 0 Å². The van der Waals surface area contributed by atoms with Gasteiger partial charge in [0.05, 0.1) is 13.2 Å². The molecule has 0 radical (unpaired) electrons. The Kier molecular flexibility index (Phi) is 3.62. The number of likely N-dealkylation sites (tertiary alicyclic amines) is 1. The van der Waals surface area contributed by atoms with Gasteiger partial charge in [-0.3, -0.25) is 9.69 Å². The van der Waals surface area contributed by atoms with Gasteiger partial charge in [-0.25, -0.2) is 8.78 Å². The Bertz CT molecular complexity index is 248. The minimum absolute atomic E-state index is 0.252. The van der Waals surface area contributed by atoms with Gasteiger partial charge in [-0.1, -0.05) is 6.92 Å². The largest absolute Gasteiger partial charge is 0.480 e. The first-order chi connectivity index (χ1) is 6.91. The van der Waals surface area contributed by atoms with Gasteiger partial charge in [-0.05, 0) is 6.42 Å². The van der Waals surface area contributed by atoms with Crippen LogP contribution < -0.4 is 0 Å². The highest BCUT2D eigenvalue weighted by atomic mass is 19.3. The molecule has 1 rings (SSSR count). The van der Waals surface area contributed by atoms with Crippen LogP contribution in [0.1, 0.15) is 19.8 Å². The van der Waals surface area contributed by atoms with Crippen LogP contribution in [0.2, 0.25) is 0 Å². The third-order valence-electron chi connectivity index (χ3n) is 2.70. The Morgan fingerprint density at radius 2 is 2.27 bits per heavy atom. The van der Waals surface area contributed by atoms with E-state index in [0.717, 1.165) is 0 Å². The van der Waals surface area contributed by atoms with Crippen molar-refractivity contribution in [1.82, 2.24) is 4.90 Å². The van der Waals surface area contributed by atoms with Gasteiger partial charge in [0.1, 0.15) is 6.04 Å². The number of carboxylic acids is 1. The molecule has 0 bridgehead atoms. The van der Waals surface area contributed by atoms with Crippen LogP contribution in [0.5, 0.6) is 0 Å². The molecule has 1 saturated heterocycles. The minimum atomic E-state index is -2.89. The molecule has 0 aromatic rings. The zero-order valence-electron chi connectivity index (χ0n) is 8.49. The highest BCUT2D eigenvalue weighted by Gasteiger charge is 2.48. The van der Waals surface area contributed by atoms with Gasteiger partial charge in [0, 0.05) is 12.5 Å². The Hall–Kier alpha value is -0.750. The van der Waals surface area contributed by atoms with Gasteiger partial charge in [0.2, 0.25) is 0 Å². The summed E-state index contributed by atoms with van der Waals surface area (Å²) in [5.74, 6) is -4.01. The predicted octanol–water partition coefficient (Wildman–Crippen LogP) is 0.552. The molecule has 4 nitrogen and oxygen atoms in total. The van der Waals surface area contributed by atoms with E-state index in [1.165, 1.54) is 4.90 Å². The maximum Gasteiger partial charge on any atom is 0.320 e. The van der Waals surface area contributed by atoms with E-state index < -0.39 is 43.5 Å². The number of aliphatic hydroxyl groups excluding tert-OH is 1. The molecule has 2 N–H and O–H groups in total. The van der Waals surface area contributed by atoms with E-state index in [4.69, 9.17) is 10.2 Å². The van der Waals surface area contributed by atoms with Crippen molar-refractivity contribution in [1.29, 1.82) is 0 Å². The van der Waals surface area contributed by atoms with Crippen molar-refractivity contribution in [3.63, 3.8) is 0 Å². The molecular weight excluding hydrogens is 208 g/mol. The number of carboxylic acid groups (broad SMARTS) is 1. The summed E-state index contributed by atoms with van der Waals surface area (Å²) in [6.45, 7) is 0.617. The topological polar surface area (TPSA) is 60.8 Å². The SMILES string of the molecule is CC[C@H](C(=O)O)N1CC(F)(F)C[C@H]1CO. The number of nitrogens with zero attached hydrogens (tertiary/aromatic N) is 1. The maximum absolute atomic E-state index is 13.0. The molecule has 88 valence electrons. The predicted molar refractivity (Wildman–Crippen MR) is 48.9 cm³/mol. The summed E-state index contributed by atoms with van der Waals surface area (Å²) >= 11 is 0. The lowest BCUT2D eigenvalue weighted by Gasteiger charge is -2.27. The normalized spacial score (nSPS) is 27.9. The lowest BCUT2D eigenvalue weighted by molar-refractivity contribution is -0.144. The molecule has 0 aromatic carbocycles. The summed E-state index contributed by atoms with van der Waals surface area (Å²) in [4.78, 5) is 12.0. The highest BCUT2D eigenvalue weighted by molar-refractivity contribution is 5.73. The molecule has 0 aliphatic carbocycles. The van der Waals surface area contributed by atoms with Crippen LogP contribution in [0.4, 0.5) is 8.78 Å². The molecule has 1 aliphatic heterocycles. The number of aliphatic carboxylic acids is 1. The number of carbonyl (C=O) groups is 1. The average Bonchev–Trinajstić information content (AvgIpc) is 2.42. The first-order valence-corrected chi connectivity index (χ1v) is 4.88. The summed E-state index contributed by atoms with van der Waals surface area (Å²) in [5.41, 5.74) is 0. The van der Waals surface area contributed by atoms with Crippen molar-refractivity contribution < 1.29 is 23.8 Å². The summed E-state index contributed by atoms with van der Waals surface area (Å²) < 4.78 is 26.1. The summed E-state index contributed by atoms with van der Waals surface area (Å²) in [6.07, 6.45) is -0.213. The number of hydrogen-bond acceptors (Lipinski definition) is 3. The van der Waals surface area contributed by atoms with Crippen LogP contribution in [0, 0.1) is 0 Å². The Labute approximate surface area is 86.5 Å². The van der Waals surface area contributed by atoms with Gasteiger partial charge < -0.3 is 10.2 Å². The Balaban J connectivity index is 2.79. The van der Waals surface area contributed by atoms with Crippen molar-refractivity contribution in [2.24, 2.45) is 0 Å². The second-order valence-corrected chi connectivity index (χ2v) is 3.83. The fourth-order valence-corrected chi connectivity index (χ4v) is 2.01. The van der Waals surface area contributed by atoms with Crippen LogP contribution in [0.25, 0.3) is 0 Å². The van der Waals surface area contributed by atoms with Crippen LogP contribution >= 0.6 is 0 Å². The zero-order valence-corrected chi connectivity index (χ0v) is 8.49. The van der Waals surface area contributed by atoms with E-state index in [1.54, 1.807) is 6.92 Å². The monoisotopic (exact) mass is 223 g/mol. The number of halogens is 2. The van der Waals surface area contributed by atoms with E-state index in [9.17, 15) is 13.6 Å². The Morgan fingerprint density at radius 3 is 2.67 bits per heavy atom. The van der Waals surface area contributed by atoms with Gasteiger partial charge in [-0.15, -0.1) is 0 Å². The Morgan fingerprint density at radius 1 is 1.67 bits per heavy atom. The number of alkyl halides is 2. The lowest BCUT2D eigenvalue weighted by Crippen LogP contribution is -2.45. The van der Waals surface area contributed by atoms with Gasteiger partial charge in [0.25, 0.3) is 5.92 Å². The summed E-state index contributed by atoms with van der Waals surface area (Å²) in [6, 6.07) is -1.68. The fourth-order valence-electron chi connectivity index (χ4n) is 2.01. The lowest BCUT2D eigenvalue weighted by atomic mass is 10.1. The molecule has 0 aromatic heterocycles. The molecule has 0 unspecified atom stereocenters. The van der Waals surface area contributed by atoms with Gasteiger partial charge in [0.15, 0.2) is 0 Å². The zero-order chi connectivity index (χ0) is 11.6. The summed E-state index contributed by atoms with van der Waals surface area (Å²) in [5, 5.41) is 17.8. The van der Waals surface area contributed by atoms with Crippen molar-refractivity contribution in [3.8, 4) is 0 Å². The maximum atomic E-state index is 13.0. The van der Waals surface area contributed by atoms with Crippen LogP contribution in [-0.2, 0) is 4.79 Å². The van der Waals surface area contributed by atoms with E-state index in [2.05, 4.69) is 0 Å². The second-order valence-electron chi connectivity index (χ2n) is 3.83. The summed E-state index contributed by atoms with van der Waals surface area (Å²) in [7, 11) is 0. The minimum Gasteiger partial charge on any atom is -0.480 e. The first-order valence-electron chi connectivity index (χ1n) is 4.88. The van der Waals surface area contributed by atoms with Crippen molar-refractivity contribution in [2.45, 2.75) is 37.8 Å². The third kappa shape index (κ3) is 2.63. The average molecular weight is 223 g/mol. The quantitative estimate of drug-likeness (QED) is 0.730. The smallest absolute Gasteiger partial charge is 0.320 e. The van der Waals surface area contributed by atoms with E-state index in [0.29, 0.717) is 0 Å². The van der Waals surface area contributed by atoms with E-state index >= 15 is 0 Å². The van der Waals surface area contributed by atoms with Crippen molar-refractivity contribution in [2.75, 3.05) is 13.2 Å². The number of aliphatic hydroxyl groups is 1. The first kappa shape index (κ1) is 12.3. The van der Waals surface area contributed by atoms with Crippen LogP contribution in [0.3, 0.4) is 0 Å². The second kappa shape index (κ2) is 4.40. The van der Waals surface area contributed by atoms with E-state index in [1.807, 2.05) is 0 Å². The standard InChI is InChI=1S/C9H15F2NO3/c1-2-7(8(14)15)12-5-9(10,11)3-6(12)4-13/h6-7,13H,2-5H2,1H3,(H,14,15)/t6-,7+/m0/s1.